The lowest BCUT2D eigenvalue weighted by Crippen LogP contribution is -2.24. The van der Waals surface area contributed by atoms with E-state index in [0.29, 0.717) is 28.3 Å². The minimum Gasteiger partial charge on any atom is -0.416 e. The number of fused-ring (bicyclic) bond motifs is 1. The molecule has 0 aliphatic carbocycles. The van der Waals surface area contributed by atoms with Gasteiger partial charge in [0.15, 0.2) is 10.8 Å². The van der Waals surface area contributed by atoms with Crippen molar-refractivity contribution in [2.24, 2.45) is 5.16 Å². The van der Waals surface area contributed by atoms with Crippen LogP contribution in [0.4, 0.5) is 5.13 Å². The van der Waals surface area contributed by atoms with E-state index in [0.717, 1.165) is 29.5 Å². The lowest BCUT2D eigenvalue weighted by molar-refractivity contribution is -0.162. The van der Waals surface area contributed by atoms with Gasteiger partial charge in [-0.3, -0.25) is 0 Å². The van der Waals surface area contributed by atoms with Crippen molar-refractivity contribution in [3.05, 3.63) is 35.3 Å². The number of aromatic nitrogens is 2. The molecule has 10 heteroatoms. The maximum absolute atomic E-state index is 5.78. The Kier molecular flexibility index (Phi) is 5.58. The number of nitrogens with zero attached hydrogens (tertiary/aromatic N) is 3. The van der Waals surface area contributed by atoms with Crippen LogP contribution in [0.2, 0.25) is 0 Å². The van der Waals surface area contributed by atoms with Crippen molar-refractivity contribution in [1.29, 1.82) is 0 Å². The Morgan fingerprint density at radius 1 is 1.30 bits per heavy atom. The molecule has 0 bridgehead atoms. The third-order valence-corrected chi connectivity index (χ3v) is 5.68. The Labute approximate surface area is 168 Å². The number of hydrogen-bond acceptors (Lipinski definition) is 10. The van der Waals surface area contributed by atoms with E-state index < -0.39 is 6.29 Å². The minimum atomic E-state index is -0.394. The predicted molar refractivity (Wildman–Crippen MR) is 111 cm³/mol. The first-order valence-corrected chi connectivity index (χ1v) is 10.4. The van der Waals surface area contributed by atoms with Gasteiger partial charge in [0.2, 0.25) is 11.3 Å². The molecule has 1 unspecified atom stereocenters. The lowest BCUT2D eigenvalue weighted by atomic mass is 10.2. The van der Waals surface area contributed by atoms with Gasteiger partial charge in [-0.05, 0) is 37.2 Å². The molecule has 27 heavy (non-hydrogen) atoms. The summed E-state index contributed by atoms with van der Waals surface area (Å²) in [6.07, 6.45) is 2.45. The van der Waals surface area contributed by atoms with Crippen molar-refractivity contribution < 1.29 is 14.3 Å². The standard InChI is InChI=1S/C17H16N4O3S3/c18-16-19-11(9-26-16)14(21-24-13-7-3-4-8-22-13)15(25)23-17-20-10-5-1-2-6-12(10)27-17/h1-2,5-6,9,13H,3-4,7-8H2,(H2,18,19)/b21-14-. The summed E-state index contributed by atoms with van der Waals surface area (Å²) in [5.74, 6) is 0. The molecular weight excluding hydrogens is 404 g/mol. The van der Waals surface area contributed by atoms with Gasteiger partial charge in [0.1, 0.15) is 5.69 Å². The summed E-state index contributed by atoms with van der Waals surface area (Å²) in [4.78, 5) is 14.2. The molecule has 1 aliphatic rings. The van der Waals surface area contributed by atoms with Crippen molar-refractivity contribution in [2.75, 3.05) is 12.3 Å². The highest BCUT2D eigenvalue weighted by Crippen LogP contribution is 2.28. The molecule has 0 saturated carbocycles. The van der Waals surface area contributed by atoms with Crippen LogP contribution in [-0.4, -0.2) is 33.6 Å². The second-order valence-electron chi connectivity index (χ2n) is 5.75. The summed E-state index contributed by atoms with van der Waals surface area (Å²) in [5, 5.41) is 6.90. The van der Waals surface area contributed by atoms with Crippen molar-refractivity contribution in [3.63, 3.8) is 0 Å². The van der Waals surface area contributed by atoms with E-state index in [9.17, 15) is 0 Å². The van der Waals surface area contributed by atoms with Gasteiger partial charge in [0.05, 0.1) is 16.8 Å². The van der Waals surface area contributed by atoms with Gasteiger partial charge in [-0.25, -0.2) is 9.97 Å². The molecule has 3 heterocycles. The Hall–Kier alpha value is -2.14. The number of para-hydroxylation sites is 1. The van der Waals surface area contributed by atoms with Gasteiger partial charge < -0.3 is 20.0 Å². The Morgan fingerprint density at radius 2 is 2.19 bits per heavy atom. The first-order valence-electron chi connectivity index (χ1n) is 8.33. The maximum atomic E-state index is 5.78. The highest BCUT2D eigenvalue weighted by molar-refractivity contribution is 7.81. The molecule has 1 aromatic carbocycles. The Balaban J connectivity index is 1.55. The van der Waals surface area contributed by atoms with Gasteiger partial charge in [-0.2, -0.15) is 0 Å². The summed E-state index contributed by atoms with van der Waals surface area (Å²) in [6, 6.07) is 7.77. The highest BCUT2D eigenvalue weighted by Gasteiger charge is 2.21. The molecule has 4 rings (SSSR count). The lowest BCUT2D eigenvalue weighted by Gasteiger charge is -2.20. The van der Waals surface area contributed by atoms with E-state index >= 15 is 0 Å². The first kappa shape index (κ1) is 18.2. The molecular formula is C17H16N4O3S3. The number of thiazole rings is 2. The molecule has 140 valence electrons. The zero-order chi connectivity index (χ0) is 18.6. The number of nitrogens with two attached hydrogens (primary N) is 1. The van der Waals surface area contributed by atoms with E-state index in [4.69, 9.17) is 32.3 Å². The summed E-state index contributed by atoms with van der Waals surface area (Å²) in [7, 11) is 0. The highest BCUT2D eigenvalue weighted by atomic mass is 32.1. The molecule has 1 atom stereocenters. The van der Waals surface area contributed by atoms with Crippen molar-refractivity contribution in [1.82, 2.24) is 9.97 Å². The van der Waals surface area contributed by atoms with Crippen LogP contribution in [0.25, 0.3) is 10.2 Å². The SMILES string of the molecule is Nc1nc(/C(=N/OC2CCCCO2)C(=S)Oc2nc3ccccc3s2)cs1. The van der Waals surface area contributed by atoms with Crippen LogP contribution in [-0.2, 0) is 9.57 Å². The summed E-state index contributed by atoms with van der Waals surface area (Å²) in [6.45, 7) is 0.659. The van der Waals surface area contributed by atoms with E-state index in [1.165, 1.54) is 22.7 Å². The molecule has 0 radical (unpaired) electrons. The second kappa shape index (κ2) is 8.26. The largest absolute Gasteiger partial charge is 0.416 e. The van der Waals surface area contributed by atoms with E-state index in [1.54, 1.807) is 5.38 Å². The molecule has 1 aliphatic heterocycles. The van der Waals surface area contributed by atoms with E-state index in [-0.39, 0.29) is 5.05 Å². The third kappa shape index (κ3) is 4.41. The molecule has 0 spiro atoms. The number of anilines is 1. The smallest absolute Gasteiger partial charge is 0.280 e. The van der Waals surface area contributed by atoms with E-state index in [2.05, 4.69) is 15.1 Å². The van der Waals surface area contributed by atoms with Crippen LogP contribution in [0, 0.1) is 0 Å². The van der Waals surface area contributed by atoms with Gasteiger partial charge in [0, 0.05) is 11.8 Å². The monoisotopic (exact) mass is 420 g/mol. The Morgan fingerprint density at radius 3 is 2.93 bits per heavy atom. The number of hydrogen-bond donors (Lipinski definition) is 1. The predicted octanol–water partition coefficient (Wildman–Crippen LogP) is 3.99. The molecule has 3 aromatic rings. The van der Waals surface area contributed by atoms with Gasteiger partial charge in [-0.15, -0.1) is 11.3 Å². The van der Waals surface area contributed by atoms with Gasteiger partial charge in [0.25, 0.3) is 5.19 Å². The fourth-order valence-corrected chi connectivity index (χ4v) is 4.16. The minimum absolute atomic E-state index is 0.121. The zero-order valence-corrected chi connectivity index (χ0v) is 16.6. The molecule has 0 amide bonds. The number of nitrogen functional groups attached to an aromatic ring is 1. The van der Waals surface area contributed by atoms with Gasteiger partial charge >= 0.3 is 0 Å². The van der Waals surface area contributed by atoms with Crippen LogP contribution in [0.1, 0.15) is 25.0 Å². The molecule has 2 aromatic heterocycles. The topological polar surface area (TPSA) is 91.9 Å². The van der Waals surface area contributed by atoms with Crippen LogP contribution >= 0.6 is 34.9 Å². The van der Waals surface area contributed by atoms with Crippen molar-refractivity contribution in [3.8, 4) is 5.19 Å². The van der Waals surface area contributed by atoms with Crippen molar-refractivity contribution in [2.45, 2.75) is 25.6 Å². The third-order valence-electron chi connectivity index (χ3n) is 3.81. The molecule has 1 saturated heterocycles. The number of rotatable bonds is 5. The maximum Gasteiger partial charge on any atom is 0.280 e. The average Bonchev–Trinajstić information content (AvgIpc) is 3.28. The number of thiocarbonyl (C=S) groups is 1. The van der Waals surface area contributed by atoms with E-state index in [1.807, 2.05) is 24.3 Å². The molecule has 7 nitrogen and oxygen atoms in total. The van der Waals surface area contributed by atoms with Crippen LogP contribution in [0.15, 0.2) is 34.8 Å². The first-order chi connectivity index (χ1) is 13.2. The fraction of sp³-hybridized carbons (Fsp3) is 0.294. The number of benzene rings is 1. The average molecular weight is 421 g/mol. The quantitative estimate of drug-likeness (QED) is 0.379. The summed E-state index contributed by atoms with van der Waals surface area (Å²) >= 11 is 8.14. The second-order valence-corrected chi connectivity index (χ2v) is 8.00. The fourth-order valence-electron chi connectivity index (χ4n) is 2.51. The Bertz CT molecular complexity index is 946. The normalized spacial score (nSPS) is 17.8. The summed E-state index contributed by atoms with van der Waals surface area (Å²) in [5.41, 5.74) is 7.40. The van der Waals surface area contributed by atoms with Crippen molar-refractivity contribution >= 4 is 61.0 Å². The van der Waals surface area contributed by atoms with Gasteiger partial charge in [-0.1, -0.05) is 28.6 Å². The van der Waals surface area contributed by atoms with Crippen LogP contribution in [0.3, 0.4) is 0 Å². The molecule has 2 N–H and O–H groups in total. The van der Waals surface area contributed by atoms with Crippen LogP contribution in [0.5, 0.6) is 5.19 Å². The number of oxime groups is 1. The number of ether oxygens (including phenoxy) is 2. The van der Waals surface area contributed by atoms with Crippen LogP contribution < -0.4 is 10.5 Å². The molecule has 1 fully saturated rings. The zero-order valence-electron chi connectivity index (χ0n) is 14.2. The summed E-state index contributed by atoms with van der Waals surface area (Å²) < 4.78 is 12.3.